The number of sulfone groups is 1. The van der Waals surface area contributed by atoms with Crippen LogP contribution in [0.25, 0.3) is 0 Å². The van der Waals surface area contributed by atoms with Crippen molar-refractivity contribution in [2.75, 3.05) is 23.1 Å². The molecule has 1 saturated carbocycles. The molecule has 5 heteroatoms. The molecule has 3 nitrogen and oxygen atoms in total. The molecule has 1 aliphatic carbocycles. The Kier molecular flexibility index (Phi) is 5.94. The minimum absolute atomic E-state index is 0.139. The van der Waals surface area contributed by atoms with Crippen LogP contribution in [0.3, 0.4) is 0 Å². The molecule has 1 aromatic rings. The number of hydrogen-bond donors (Lipinski definition) is 0. The Morgan fingerprint density at radius 3 is 2.29 bits per heavy atom. The topological polar surface area (TPSA) is 37.4 Å². The van der Waals surface area contributed by atoms with E-state index < -0.39 is 9.84 Å². The van der Waals surface area contributed by atoms with Crippen molar-refractivity contribution in [1.82, 2.24) is 0 Å². The van der Waals surface area contributed by atoms with Gasteiger partial charge in [0.15, 0.2) is 9.84 Å². The largest absolute Gasteiger partial charge is 0.367 e. The molecule has 0 N–H and O–H groups in total. The first-order valence-corrected chi connectivity index (χ1v) is 9.92. The smallest absolute Gasteiger partial charge is 0.178 e. The lowest BCUT2D eigenvalue weighted by Gasteiger charge is -2.36. The summed E-state index contributed by atoms with van der Waals surface area (Å²) >= 11 is 5.95. The zero-order chi connectivity index (χ0) is 15.3. The number of alkyl halides is 1. The second-order valence-electron chi connectivity index (χ2n) is 5.57. The Morgan fingerprint density at radius 2 is 1.76 bits per heavy atom. The van der Waals surface area contributed by atoms with Crippen molar-refractivity contribution < 1.29 is 8.42 Å². The van der Waals surface area contributed by atoms with Gasteiger partial charge in [0.05, 0.1) is 10.6 Å². The van der Waals surface area contributed by atoms with Gasteiger partial charge in [-0.2, -0.15) is 0 Å². The summed E-state index contributed by atoms with van der Waals surface area (Å²) in [4.78, 5) is 2.75. The summed E-state index contributed by atoms with van der Waals surface area (Å²) in [7, 11) is -3.12. The van der Waals surface area contributed by atoms with E-state index in [-0.39, 0.29) is 5.75 Å². The zero-order valence-electron chi connectivity index (χ0n) is 12.6. The molecule has 2 rings (SSSR count). The maximum Gasteiger partial charge on any atom is 0.178 e. The van der Waals surface area contributed by atoms with E-state index in [2.05, 4.69) is 4.90 Å². The standard InChI is InChI=1S/C16H24ClNO2S/c1-2-21(19,20)16-10-8-15(9-11-16)18(13-12-17)14-6-4-3-5-7-14/h8-11,14H,2-7,12-13H2,1H3. The van der Waals surface area contributed by atoms with Crippen LogP contribution in [0.1, 0.15) is 39.0 Å². The fourth-order valence-electron chi connectivity index (χ4n) is 3.02. The van der Waals surface area contributed by atoms with Crippen molar-refractivity contribution >= 4 is 27.1 Å². The van der Waals surface area contributed by atoms with Gasteiger partial charge in [0.2, 0.25) is 0 Å². The highest BCUT2D eigenvalue weighted by Gasteiger charge is 2.21. The van der Waals surface area contributed by atoms with Crippen molar-refractivity contribution in [3.63, 3.8) is 0 Å². The summed E-state index contributed by atoms with van der Waals surface area (Å²) in [6.45, 7) is 2.48. The number of rotatable bonds is 6. The van der Waals surface area contributed by atoms with E-state index in [1.165, 1.54) is 32.1 Å². The number of hydrogen-bond acceptors (Lipinski definition) is 3. The number of nitrogens with zero attached hydrogens (tertiary/aromatic N) is 1. The third-order valence-corrected chi connectivity index (χ3v) is 6.17. The average molecular weight is 330 g/mol. The molecule has 0 atom stereocenters. The van der Waals surface area contributed by atoms with Gasteiger partial charge in [-0.1, -0.05) is 26.2 Å². The molecule has 0 unspecified atom stereocenters. The fourth-order valence-corrected chi connectivity index (χ4v) is 4.08. The van der Waals surface area contributed by atoms with E-state index >= 15 is 0 Å². The highest BCUT2D eigenvalue weighted by Crippen LogP contribution is 2.28. The van der Waals surface area contributed by atoms with Crippen molar-refractivity contribution in [1.29, 1.82) is 0 Å². The van der Waals surface area contributed by atoms with E-state index in [1.54, 1.807) is 19.1 Å². The predicted octanol–water partition coefficient (Wildman–Crippen LogP) is 3.86. The minimum Gasteiger partial charge on any atom is -0.367 e. The van der Waals surface area contributed by atoms with Crippen LogP contribution in [0.2, 0.25) is 0 Å². The Hall–Kier alpha value is -0.740. The quantitative estimate of drug-likeness (QED) is 0.744. The summed E-state index contributed by atoms with van der Waals surface area (Å²) in [5.41, 5.74) is 1.08. The first-order chi connectivity index (χ1) is 10.1. The van der Waals surface area contributed by atoms with E-state index in [0.29, 0.717) is 16.8 Å². The van der Waals surface area contributed by atoms with Gasteiger partial charge in [0, 0.05) is 24.2 Å². The maximum absolute atomic E-state index is 11.9. The molecular formula is C16H24ClNO2S. The molecule has 0 bridgehead atoms. The van der Waals surface area contributed by atoms with Gasteiger partial charge < -0.3 is 4.90 Å². The molecule has 0 spiro atoms. The molecule has 0 radical (unpaired) electrons. The van der Waals surface area contributed by atoms with Gasteiger partial charge in [-0.15, -0.1) is 11.6 Å². The van der Waals surface area contributed by atoms with Crippen LogP contribution in [0.15, 0.2) is 29.2 Å². The lowest BCUT2D eigenvalue weighted by molar-refractivity contribution is 0.418. The number of benzene rings is 1. The molecular weight excluding hydrogens is 306 g/mol. The second-order valence-corrected chi connectivity index (χ2v) is 8.23. The molecule has 0 aliphatic heterocycles. The van der Waals surface area contributed by atoms with Gasteiger partial charge >= 0.3 is 0 Å². The summed E-state index contributed by atoms with van der Waals surface area (Å²) in [6.07, 6.45) is 6.26. The van der Waals surface area contributed by atoms with Gasteiger partial charge in [0.1, 0.15) is 0 Å². The van der Waals surface area contributed by atoms with E-state index in [4.69, 9.17) is 11.6 Å². The van der Waals surface area contributed by atoms with Crippen LogP contribution >= 0.6 is 11.6 Å². The summed E-state index contributed by atoms with van der Waals surface area (Å²) < 4.78 is 23.7. The normalized spacial score (nSPS) is 16.9. The van der Waals surface area contributed by atoms with E-state index in [9.17, 15) is 8.42 Å². The molecule has 21 heavy (non-hydrogen) atoms. The van der Waals surface area contributed by atoms with Gasteiger partial charge in [-0.3, -0.25) is 0 Å². The van der Waals surface area contributed by atoms with Crippen LogP contribution in [0.4, 0.5) is 5.69 Å². The molecule has 0 heterocycles. The Balaban J connectivity index is 2.20. The van der Waals surface area contributed by atoms with Crippen molar-refractivity contribution in [2.45, 2.75) is 50.0 Å². The molecule has 1 aromatic carbocycles. The van der Waals surface area contributed by atoms with Crippen molar-refractivity contribution in [2.24, 2.45) is 0 Å². The SMILES string of the molecule is CCS(=O)(=O)c1ccc(N(CCCl)C2CCCCC2)cc1. The van der Waals surface area contributed by atoms with Gasteiger partial charge in [-0.25, -0.2) is 8.42 Å². The second kappa shape index (κ2) is 7.50. The van der Waals surface area contributed by atoms with Gasteiger partial charge in [0.25, 0.3) is 0 Å². The average Bonchev–Trinajstić information content (AvgIpc) is 2.53. The Morgan fingerprint density at radius 1 is 1.14 bits per heavy atom. The van der Waals surface area contributed by atoms with E-state index in [0.717, 1.165) is 12.2 Å². The monoisotopic (exact) mass is 329 g/mol. The van der Waals surface area contributed by atoms with Crippen LogP contribution in [0, 0.1) is 0 Å². The van der Waals surface area contributed by atoms with E-state index in [1.807, 2.05) is 12.1 Å². The third-order valence-electron chi connectivity index (χ3n) is 4.25. The summed E-state index contributed by atoms with van der Waals surface area (Å²) in [5, 5.41) is 0. The fraction of sp³-hybridized carbons (Fsp3) is 0.625. The van der Waals surface area contributed by atoms with Crippen molar-refractivity contribution in [3.8, 4) is 0 Å². The summed E-state index contributed by atoms with van der Waals surface area (Å²) in [6, 6.07) is 7.82. The zero-order valence-corrected chi connectivity index (χ0v) is 14.2. The highest BCUT2D eigenvalue weighted by molar-refractivity contribution is 7.91. The first kappa shape index (κ1) is 16.6. The lowest BCUT2D eigenvalue weighted by atomic mass is 9.94. The molecule has 1 fully saturated rings. The summed E-state index contributed by atoms with van der Waals surface area (Å²) in [5.74, 6) is 0.728. The Labute approximate surface area is 133 Å². The van der Waals surface area contributed by atoms with Crippen LogP contribution in [-0.4, -0.2) is 32.6 Å². The molecule has 118 valence electrons. The predicted molar refractivity (Wildman–Crippen MR) is 89.1 cm³/mol. The number of halogens is 1. The first-order valence-electron chi connectivity index (χ1n) is 7.74. The van der Waals surface area contributed by atoms with Crippen LogP contribution in [0.5, 0.6) is 0 Å². The third kappa shape index (κ3) is 4.13. The molecule has 0 amide bonds. The van der Waals surface area contributed by atoms with Crippen molar-refractivity contribution in [3.05, 3.63) is 24.3 Å². The maximum atomic E-state index is 11.9. The van der Waals surface area contributed by atoms with Crippen LogP contribution in [-0.2, 0) is 9.84 Å². The molecule has 0 aromatic heterocycles. The molecule has 1 aliphatic rings. The van der Waals surface area contributed by atoms with Gasteiger partial charge in [-0.05, 0) is 37.1 Å². The highest BCUT2D eigenvalue weighted by atomic mass is 35.5. The lowest BCUT2D eigenvalue weighted by Crippen LogP contribution is -2.38. The molecule has 0 saturated heterocycles. The minimum atomic E-state index is -3.12. The Bertz CT molecular complexity index is 536. The van der Waals surface area contributed by atoms with Crippen LogP contribution < -0.4 is 4.90 Å². The number of anilines is 1.